The highest BCUT2D eigenvalue weighted by molar-refractivity contribution is 8.01. The van der Waals surface area contributed by atoms with Crippen LogP contribution in [-0.4, -0.2) is 315 Å². The monoisotopic (exact) mass is 1940 g/mol. The van der Waals surface area contributed by atoms with Crippen LogP contribution in [0.2, 0.25) is 0 Å². The Balaban J connectivity index is 0.756. The number of fused-ring (bicyclic) bond motifs is 2. The summed E-state index contributed by atoms with van der Waals surface area (Å²) in [6, 6.07) is 19.7. The number of anilines is 2. The van der Waals surface area contributed by atoms with Gasteiger partial charge in [0.15, 0.2) is 5.75 Å². The molecular formula is C88H112N16O28S3. The number of nitrogen functional groups attached to an aromatic ring is 1. The molecule has 0 aromatic heterocycles. The van der Waals surface area contributed by atoms with Gasteiger partial charge in [0.05, 0.1) is 53.9 Å². The molecule has 0 spiro atoms. The summed E-state index contributed by atoms with van der Waals surface area (Å²) in [6.45, 7) is 2.88. The number of aliphatic carboxylic acids is 6. The fourth-order valence-corrected chi connectivity index (χ4v) is 18.3. The number of aryl methyl sites for hydroxylation is 2. The standard InChI is InChI=1S/C88H112N16O28S3/c1-51-39-58(59-20-23-62(52(2)40-59)98-99-63-24-21-60-69(134(127,128)129)44-70(135(130,131)132)80(89)79(60)81(63)117)19-22-61(51)94-84(120)64(93-72(106)46-100-31-33-101(47-76(111)112)35-37-103(49-78(115)116)38-36-102(34-32-100)48-77(113)114)11-5-7-28-90-71(105)27-30-104-74(108)43-68(85(104)121)133-50-73(107)92-45-53-13-17-56(18-14-53)82(118)95-67(42-54-15-16-55-9-3-4-10-57(55)41-54)83(119)91-29-8-6-12-65(86(122)123)96-88(126)97-66(87(124)125)25-26-75(109)110/h3-4,9-10,15-16,19-24,39-41,44,53,56,64-68,117H,5-8,11-14,17-18,25-38,42-43,45-50,89H2,1-2H3,(H,90,105)(H,91,119)(H,92,107)(H,93,106)(H,94,120)(H,95,118)(H,109,110)(H,111,112)(H,113,114)(H,115,116)(H,122,123)(H,124,125)(H2,96,97,126)(H,127,128,129)(H,130,131,132)/t53?,56?,64-,65-,66-,67-,68?/m0/s1. The van der Waals surface area contributed by atoms with Crippen LogP contribution in [0, 0.1) is 25.7 Å². The lowest BCUT2D eigenvalue weighted by Crippen LogP contribution is -2.51. The lowest BCUT2D eigenvalue weighted by Gasteiger charge is -2.33. The number of hydrogen-bond acceptors (Lipinski definition) is 28. The van der Waals surface area contributed by atoms with E-state index in [0.29, 0.717) is 59.7 Å². The van der Waals surface area contributed by atoms with Crippen molar-refractivity contribution < 1.29 is 134 Å². The van der Waals surface area contributed by atoms with E-state index >= 15 is 0 Å². The number of azo groups is 1. The number of rotatable bonds is 46. The van der Waals surface area contributed by atoms with Crippen LogP contribution in [0.4, 0.5) is 27.5 Å². The van der Waals surface area contributed by atoms with Crippen molar-refractivity contribution in [1.29, 1.82) is 0 Å². The summed E-state index contributed by atoms with van der Waals surface area (Å²) in [6.07, 6.45) is 1.44. The number of hydrogen-bond donors (Lipinski definition) is 18. The van der Waals surface area contributed by atoms with E-state index < -0.39 is 191 Å². The highest BCUT2D eigenvalue weighted by atomic mass is 32.2. The number of likely N-dealkylation sites (tertiary alicyclic amines) is 1. The number of carbonyl (C=O) groups is 15. The fraction of sp³-hybridized carbons (Fsp3) is 0.466. The first-order valence-corrected chi connectivity index (χ1v) is 47.5. The SMILES string of the molecule is Cc1cc(-c2ccc(NC(=O)[C@H](CCCCNC(=O)CCN3C(=O)CC(SCC(=O)NCC4CCC(C(=O)N[C@@H](Cc5ccc6ccccc6c5)C(=O)NCCCC[C@H](NC(=O)N[C@@H](CCC(=O)O)C(=O)O)C(=O)O)CC4)C3=O)NC(=O)CN3CCN(CC(=O)O)CCN(CC(=O)O)CCN(CC(=O)O)CC3)c(C)c2)ccc1N=Nc1ccc2c(S(=O)(=O)O)cc(S(=O)(=O)O)c(N)c2c1O. The fourth-order valence-electron chi connectivity index (χ4n) is 15.9. The third-order valence-corrected chi connectivity index (χ3v) is 26.3. The number of amides is 10. The van der Waals surface area contributed by atoms with Crippen molar-refractivity contribution in [1.82, 2.24) is 61.7 Å². The summed E-state index contributed by atoms with van der Waals surface area (Å²) in [5, 5.41) is 98.4. The van der Waals surface area contributed by atoms with Crippen LogP contribution in [0.5, 0.6) is 5.75 Å². The molecule has 47 heteroatoms. The lowest BCUT2D eigenvalue weighted by molar-refractivity contribution is -0.141. The second kappa shape index (κ2) is 49.9. The zero-order valence-electron chi connectivity index (χ0n) is 74.1. The van der Waals surface area contributed by atoms with E-state index in [-0.39, 0.29) is 184 Å². The Kier molecular flexibility index (Phi) is 39.1. The van der Waals surface area contributed by atoms with Crippen LogP contribution in [0.3, 0.4) is 0 Å². The number of urea groups is 1. The average molecular weight is 1940 g/mol. The molecule has 6 aromatic carbocycles. The molecule has 3 aliphatic rings. The van der Waals surface area contributed by atoms with Crippen molar-refractivity contribution in [2.24, 2.45) is 22.1 Å². The summed E-state index contributed by atoms with van der Waals surface area (Å²) < 4.78 is 68.6. The summed E-state index contributed by atoms with van der Waals surface area (Å²) in [5.41, 5.74) is 8.81. The summed E-state index contributed by atoms with van der Waals surface area (Å²) >= 11 is 0.979. The van der Waals surface area contributed by atoms with E-state index in [1.54, 1.807) is 69.8 Å². The number of imide groups is 1. The number of carbonyl (C=O) groups excluding carboxylic acids is 9. The lowest BCUT2D eigenvalue weighted by atomic mass is 9.81. The minimum absolute atomic E-state index is 0.0148. The minimum Gasteiger partial charge on any atom is -0.505 e. The van der Waals surface area contributed by atoms with Crippen LogP contribution >= 0.6 is 11.8 Å². The van der Waals surface area contributed by atoms with Gasteiger partial charge in [-0.1, -0.05) is 60.7 Å². The van der Waals surface area contributed by atoms with E-state index in [1.165, 1.54) is 0 Å². The molecule has 44 nitrogen and oxygen atoms in total. The van der Waals surface area contributed by atoms with Gasteiger partial charge in [0.25, 0.3) is 20.2 Å². The molecule has 19 N–H and O–H groups in total. The van der Waals surface area contributed by atoms with E-state index in [0.717, 1.165) is 45.1 Å². The maximum Gasteiger partial charge on any atom is 0.326 e. The third-order valence-electron chi connectivity index (χ3n) is 23.3. The van der Waals surface area contributed by atoms with Gasteiger partial charge in [0.1, 0.15) is 39.6 Å². The number of thioether (sulfide) groups is 1. The number of nitrogens with one attached hydrogen (secondary N) is 8. The number of carboxylic acid groups (broad SMARTS) is 6. The number of aromatic hydroxyl groups is 1. The molecule has 2 aliphatic heterocycles. The van der Waals surface area contributed by atoms with Crippen molar-refractivity contribution in [2.75, 3.05) is 122 Å². The number of unbranched alkanes of at least 4 members (excludes halogenated alkanes) is 2. The molecule has 730 valence electrons. The Bertz CT molecular complexity index is 5650. The van der Waals surface area contributed by atoms with Gasteiger partial charge in [-0.2, -0.15) is 21.9 Å². The quantitative estimate of drug-likeness (QED) is 0.00846. The molecule has 9 rings (SSSR count). The van der Waals surface area contributed by atoms with Crippen LogP contribution < -0.4 is 48.3 Å². The van der Waals surface area contributed by atoms with Crippen molar-refractivity contribution in [3.63, 3.8) is 0 Å². The van der Waals surface area contributed by atoms with Crippen LogP contribution in [0.25, 0.3) is 32.7 Å². The molecule has 135 heavy (non-hydrogen) atoms. The van der Waals surface area contributed by atoms with Crippen LogP contribution in [-0.2, 0) is 93.8 Å². The van der Waals surface area contributed by atoms with Gasteiger partial charge < -0.3 is 84.0 Å². The minimum atomic E-state index is -5.17. The third kappa shape index (κ3) is 32.7. The second-order valence-electron chi connectivity index (χ2n) is 33.3. The molecular weight excluding hydrogens is 1830 g/mol. The molecule has 1 unspecified atom stereocenters. The molecule has 5 atom stereocenters. The normalized spacial score (nSPS) is 17.2. The first-order chi connectivity index (χ1) is 64.0. The Morgan fingerprint density at radius 3 is 1.62 bits per heavy atom. The van der Waals surface area contributed by atoms with Gasteiger partial charge in [-0.3, -0.25) is 91.1 Å². The van der Waals surface area contributed by atoms with Gasteiger partial charge in [-0.25, -0.2) is 14.4 Å². The number of nitrogens with two attached hydrogens (primary N) is 1. The van der Waals surface area contributed by atoms with Gasteiger partial charge >= 0.3 is 41.8 Å². The average Bonchev–Trinajstić information content (AvgIpc) is 1.18. The summed E-state index contributed by atoms with van der Waals surface area (Å²) in [7, 11) is -10.3. The molecule has 0 bridgehead atoms. The second-order valence-corrected chi connectivity index (χ2v) is 37.3. The molecule has 2 saturated heterocycles. The predicted molar refractivity (Wildman–Crippen MR) is 490 cm³/mol. The summed E-state index contributed by atoms with van der Waals surface area (Å²) in [4.78, 5) is 198. The van der Waals surface area contributed by atoms with Gasteiger partial charge in [-0.15, -0.1) is 16.9 Å². The van der Waals surface area contributed by atoms with Crippen molar-refractivity contribution in [2.45, 2.75) is 149 Å². The molecule has 2 heterocycles. The Morgan fingerprint density at radius 2 is 1.06 bits per heavy atom. The van der Waals surface area contributed by atoms with Crippen LogP contribution in [0.15, 0.2) is 117 Å². The highest BCUT2D eigenvalue weighted by Crippen LogP contribution is 2.44. The Hall–Kier alpha value is -12.9. The van der Waals surface area contributed by atoms with E-state index in [1.807, 2.05) is 42.5 Å². The predicted octanol–water partition coefficient (Wildman–Crippen LogP) is 3.92. The van der Waals surface area contributed by atoms with Gasteiger partial charge in [0.2, 0.25) is 47.3 Å². The Labute approximate surface area is 780 Å². The maximum atomic E-state index is 14.6. The van der Waals surface area contributed by atoms with Crippen molar-refractivity contribution in [3.8, 4) is 16.9 Å². The molecule has 1 aliphatic carbocycles. The molecule has 0 radical (unpaired) electrons. The first kappa shape index (κ1) is 106. The summed E-state index contributed by atoms with van der Waals surface area (Å²) in [5.74, 6) is -13.3. The molecule has 10 amide bonds. The van der Waals surface area contributed by atoms with Gasteiger partial charge in [0, 0.05) is 121 Å². The zero-order chi connectivity index (χ0) is 98.5. The first-order valence-electron chi connectivity index (χ1n) is 43.6. The largest absolute Gasteiger partial charge is 0.505 e. The topological polar surface area (TPSA) is 670 Å². The maximum absolute atomic E-state index is 14.6. The molecule has 3 fully saturated rings. The number of phenols is 1. The highest BCUT2D eigenvalue weighted by Gasteiger charge is 2.40. The Morgan fingerprint density at radius 1 is 0.519 bits per heavy atom. The van der Waals surface area contributed by atoms with Gasteiger partial charge in [-0.05, 0) is 165 Å². The smallest absolute Gasteiger partial charge is 0.326 e. The molecule has 1 saturated carbocycles. The number of phenolic OH excluding ortho intramolecular Hbond substituents is 1. The number of benzene rings is 6. The van der Waals surface area contributed by atoms with E-state index in [2.05, 4.69) is 52.8 Å². The van der Waals surface area contributed by atoms with Crippen LogP contribution in [0.1, 0.15) is 107 Å². The number of carboxylic acids is 6. The van der Waals surface area contributed by atoms with Crippen molar-refractivity contribution >= 4 is 165 Å². The zero-order valence-corrected chi connectivity index (χ0v) is 76.6. The van der Waals surface area contributed by atoms with Crippen molar-refractivity contribution in [3.05, 3.63) is 114 Å². The van der Waals surface area contributed by atoms with E-state index in [9.17, 15) is 128 Å². The number of nitrogens with zero attached hydrogens (tertiary/aromatic N) is 7. The van der Waals surface area contributed by atoms with E-state index in [4.69, 9.17) is 10.8 Å². The molecule has 6 aromatic rings.